The van der Waals surface area contributed by atoms with Crippen LogP contribution in [0.1, 0.15) is 27.2 Å². The smallest absolute Gasteiger partial charge is 0.260 e. The second-order valence-electron chi connectivity index (χ2n) is 8.26. The number of carbonyl (C=O) groups is 1. The Morgan fingerprint density at radius 1 is 1.03 bits per heavy atom. The maximum atomic E-state index is 13.3. The average Bonchev–Trinajstić information content (AvgIpc) is 3.18. The van der Waals surface area contributed by atoms with Crippen molar-refractivity contribution in [2.75, 3.05) is 38.7 Å². The molecule has 1 saturated heterocycles. The van der Waals surface area contributed by atoms with E-state index in [-0.39, 0.29) is 29.3 Å². The molecule has 1 aromatic heterocycles. The fourth-order valence-corrected chi connectivity index (χ4v) is 5.44. The van der Waals surface area contributed by atoms with Crippen LogP contribution in [0.2, 0.25) is 0 Å². The van der Waals surface area contributed by atoms with Gasteiger partial charge in [-0.25, -0.2) is 13.1 Å². The number of rotatable bonds is 6. The third kappa shape index (κ3) is 4.84. The second kappa shape index (κ2) is 9.57. The van der Waals surface area contributed by atoms with Gasteiger partial charge in [-0.3, -0.25) is 4.79 Å². The summed E-state index contributed by atoms with van der Waals surface area (Å²) in [4.78, 5) is 13.3. The minimum absolute atomic E-state index is 0.0272. The molecule has 1 aliphatic heterocycles. The molecule has 3 aromatic rings. The first-order valence-electron chi connectivity index (χ1n) is 10.9. The van der Waals surface area contributed by atoms with Gasteiger partial charge in [0, 0.05) is 19.2 Å². The molecule has 9 nitrogen and oxygen atoms in total. The van der Waals surface area contributed by atoms with E-state index in [0.29, 0.717) is 19.0 Å². The van der Waals surface area contributed by atoms with E-state index in [1.165, 1.54) is 29.6 Å². The lowest BCUT2D eigenvalue weighted by Crippen LogP contribution is -2.40. The summed E-state index contributed by atoms with van der Waals surface area (Å²) in [5, 5.41) is 7.40. The highest BCUT2D eigenvalue weighted by molar-refractivity contribution is 7.89. The fourth-order valence-electron chi connectivity index (χ4n) is 4.00. The van der Waals surface area contributed by atoms with Gasteiger partial charge in [0.1, 0.15) is 11.6 Å². The van der Waals surface area contributed by atoms with Crippen molar-refractivity contribution in [3.05, 3.63) is 64.8 Å². The molecule has 1 aliphatic rings. The van der Waals surface area contributed by atoms with Gasteiger partial charge in [-0.15, -0.1) is 0 Å². The van der Waals surface area contributed by atoms with Crippen molar-refractivity contribution in [3.63, 3.8) is 0 Å². The number of nitrogens with one attached hydrogen (secondary N) is 1. The number of sulfonamides is 1. The van der Waals surface area contributed by atoms with E-state index >= 15 is 0 Å². The Morgan fingerprint density at radius 2 is 1.71 bits per heavy atom. The number of benzene rings is 2. The molecule has 0 radical (unpaired) electrons. The lowest BCUT2D eigenvalue weighted by atomic mass is 10.1. The highest BCUT2D eigenvalue weighted by atomic mass is 32.2. The van der Waals surface area contributed by atoms with Crippen LogP contribution in [-0.4, -0.2) is 61.8 Å². The van der Waals surface area contributed by atoms with Crippen LogP contribution < -0.4 is 10.1 Å². The molecule has 0 saturated carbocycles. The van der Waals surface area contributed by atoms with Crippen LogP contribution >= 0.6 is 0 Å². The Morgan fingerprint density at radius 3 is 2.35 bits per heavy atom. The van der Waals surface area contributed by atoms with Crippen LogP contribution in [0.5, 0.6) is 5.75 Å². The molecule has 4 rings (SSSR count). The number of ether oxygens (including phenoxy) is 2. The number of morpholine rings is 1. The van der Waals surface area contributed by atoms with Crippen molar-refractivity contribution >= 4 is 21.7 Å². The first-order chi connectivity index (χ1) is 16.2. The van der Waals surface area contributed by atoms with Crippen molar-refractivity contribution in [1.29, 1.82) is 0 Å². The zero-order chi connectivity index (χ0) is 24.5. The summed E-state index contributed by atoms with van der Waals surface area (Å²) in [5.41, 5.74) is 3.80. The molecule has 2 aromatic carbocycles. The van der Waals surface area contributed by atoms with Gasteiger partial charge in [0.05, 0.1) is 42.2 Å². The van der Waals surface area contributed by atoms with Crippen molar-refractivity contribution < 1.29 is 22.7 Å². The lowest BCUT2D eigenvalue weighted by Gasteiger charge is -2.26. The number of nitrogens with zero attached hydrogens (tertiary/aromatic N) is 3. The van der Waals surface area contributed by atoms with Crippen molar-refractivity contribution in [3.8, 4) is 11.4 Å². The molecular formula is C24H28N4O5S. The SMILES string of the molecule is COc1ccc(S(=O)(=O)N2CCOCC2)cc1C(=O)Nc1cc(C)nn1-c1cc(C)cc(C)c1. The Kier molecular flexibility index (Phi) is 6.74. The normalized spacial score (nSPS) is 14.7. The van der Waals surface area contributed by atoms with Crippen LogP contribution in [0.4, 0.5) is 5.82 Å². The number of aryl methyl sites for hydroxylation is 3. The van der Waals surface area contributed by atoms with Crippen molar-refractivity contribution in [2.45, 2.75) is 25.7 Å². The molecular weight excluding hydrogens is 456 g/mol. The molecule has 0 bridgehead atoms. The van der Waals surface area contributed by atoms with E-state index in [9.17, 15) is 13.2 Å². The minimum atomic E-state index is -3.77. The monoisotopic (exact) mass is 484 g/mol. The lowest BCUT2D eigenvalue weighted by molar-refractivity contribution is 0.0730. The van der Waals surface area contributed by atoms with Gasteiger partial charge in [0.15, 0.2) is 0 Å². The molecule has 34 heavy (non-hydrogen) atoms. The highest BCUT2D eigenvalue weighted by Crippen LogP contribution is 2.27. The number of hydrogen-bond donors (Lipinski definition) is 1. The van der Waals surface area contributed by atoms with Gasteiger partial charge in [-0.2, -0.15) is 9.40 Å². The average molecular weight is 485 g/mol. The first kappa shape index (κ1) is 23.9. The molecule has 1 N–H and O–H groups in total. The summed E-state index contributed by atoms with van der Waals surface area (Å²) in [6, 6.07) is 12.1. The molecule has 0 aliphatic carbocycles. The number of anilines is 1. The zero-order valence-corrected chi connectivity index (χ0v) is 20.5. The summed E-state index contributed by atoms with van der Waals surface area (Å²) < 4.78 is 39.9. The Labute approximate surface area is 199 Å². The summed E-state index contributed by atoms with van der Waals surface area (Å²) in [7, 11) is -2.34. The third-order valence-electron chi connectivity index (χ3n) is 5.55. The summed E-state index contributed by atoms with van der Waals surface area (Å²) in [6.07, 6.45) is 0. The number of aromatic nitrogens is 2. The maximum Gasteiger partial charge on any atom is 0.260 e. The van der Waals surface area contributed by atoms with Crippen LogP contribution in [-0.2, 0) is 14.8 Å². The predicted octanol–water partition coefficient (Wildman–Crippen LogP) is 3.08. The standard InChI is InChI=1S/C24H28N4O5S/c1-16-11-17(2)13-19(12-16)28-23(14-18(3)26-28)25-24(29)21-15-20(5-6-22(21)32-4)34(30,31)27-7-9-33-10-8-27/h5-6,11-15H,7-10H2,1-4H3,(H,25,29). The predicted molar refractivity (Wildman–Crippen MR) is 128 cm³/mol. The Bertz CT molecular complexity index is 1310. The fraction of sp³-hybridized carbons (Fsp3) is 0.333. The number of amides is 1. The highest BCUT2D eigenvalue weighted by Gasteiger charge is 2.28. The van der Waals surface area contributed by atoms with Crippen LogP contribution in [0.3, 0.4) is 0 Å². The van der Waals surface area contributed by atoms with E-state index in [1.54, 1.807) is 10.7 Å². The topological polar surface area (TPSA) is 103 Å². The molecule has 0 spiro atoms. The van der Waals surface area contributed by atoms with Gasteiger partial charge in [-0.1, -0.05) is 6.07 Å². The summed E-state index contributed by atoms with van der Waals surface area (Å²) >= 11 is 0. The third-order valence-corrected chi connectivity index (χ3v) is 7.44. The zero-order valence-electron chi connectivity index (χ0n) is 19.7. The molecule has 10 heteroatoms. The molecule has 1 fully saturated rings. The second-order valence-corrected chi connectivity index (χ2v) is 10.2. The molecule has 180 valence electrons. The van der Waals surface area contributed by atoms with Crippen molar-refractivity contribution in [1.82, 2.24) is 14.1 Å². The van der Waals surface area contributed by atoms with E-state index in [1.807, 2.05) is 32.9 Å². The number of carbonyl (C=O) groups excluding carboxylic acids is 1. The summed E-state index contributed by atoms with van der Waals surface area (Å²) in [6.45, 7) is 7.04. The quantitative estimate of drug-likeness (QED) is 0.577. The van der Waals surface area contributed by atoms with Gasteiger partial charge in [0.2, 0.25) is 10.0 Å². The molecule has 0 atom stereocenters. The van der Waals surface area contributed by atoms with E-state index in [2.05, 4.69) is 16.5 Å². The van der Waals surface area contributed by atoms with Gasteiger partial charge < -0.3 is 14.8 Å². The maximum absolute atomic E-state index is 13.3. The Hall–Kier alpha value is -3.21. The van der Waals surface area contributed by atoms with Gasteiger partial charge in [0.25, 0.3) is 5.91 Å². The summed E-state index contributed by atoms with van der Waals surface area (Å²) in [5.74, 6) is 0.241. The molecule has 1 amide bonds. The van der Waals surface area contributed by atoms with Crippen LogP contribution in [0.25, 0.3) is 5.69 Å². The van der Waals surface area contributed by atoms with Crippen LogP contribution in [0, 0.1) is 20.8 Å². The first-order valence-corrected chi connectivity index (χ1v) is 12.4. The minimum Gasteiger partial charge on any atom is -0.496 e. The van der Waals surface area contributed by atoms with Gasteiger partial charge in [-0.05, 0) is 62.2 Å². The Balaban J connectivity index is 1.68. The van der Waals surface area contributed by atoms with Crippen LogP contribution in [0.15, 0.2) is 47.4 Å². The van der Waals surface area contributed by atoms with E-state index < -0.39 is 15.9 Å². The molecule has 2 heterocycles. The van der Waals surface area contributed by atoms with Gasteiger partial charge >= 0.3 is 0 Å². The molecule has 0 unspecified atom stereocenters. The number of hydrogen-bond acceptors (Lipinski definition) is 6. The largest absolute Gasteiger partial charge is 0.496 e. The number of methoxy groups -OCH3 is 1. The van der Waals surface area contributed by atoms with E-state index in [4.69, 9.17) is 9.47 Å². The van der Waals surface area contributed by atoms with Crippen molar-refractivity contribution in [2.24, 2.45) is 0 Å². The van der Waals surface area contributed by atoms with E-state index in [0.717, 1.165) is 22.5 Å².